The summed E-state index contributed by atoms with van der Waals surface area (Å²) in [4.78, 5) is 3.49. The normalized spacial score (nSPS) is 23.2. The van der Waals surface area contributed by atoms with Crippen LogP contribution in [0.1, 0.15) is 25.7 Å². The molecule has 3 heteroatoms. The van der Waals surface area contributed by atoms with Gasteiger partial charge in [-0.15, -0.1) is 11.8 Å². The number of aromatic nitrogens is 1. The first-order chi connectivity index (χ1) is 9.36. The Morgan fingerprint density at radius 3 is 3.05 bits per heavy atom. The minimum Gasteiger partial charge on any atom is -0.350 e. The first kappa shape index (κ1) is 13.1. The number of thioether (sulfide) groups is 1. The van der Waals surface area contributed by atoms with Gasteiger partial charge in [0.2, 0.25) is 0 Å². The van der Waals surface area contributed by atoms with Crippen LogP contribution in [0, 0.1) is 5.92 Å². The van der Waals surface area contributed by atoms with Crippen LogP contribution in [0.2, 0.25) is 0 Å². The summed E-state index contributed by atoms with van der Waals surface area (Å²) in [6, 6.07) is 11.5. The minimum atomic E-state index is 0.753. The van der Waals surface area contributed by atoms with Gasteiger partial charge in [0.25, 0.3) is 0 Å². The SMILES string of the molecule is CNC1CCCC1CCSc1cc2ccccc2[nH]1. The van der Waals surface area contributed by atoms with Gasteiger partial charge in [0.15, 0.2) is 0 Å². The third-order valence-corrected chi connectivity index (χ3v) is 5.25. The number of hydrogen-bond acceptors (Lipinski definition) is 2. The van der Waals surface area contributed by atoms with Crippen LogP contribution in [0.4, 0.5) is 0 Å². The fourth-order valence-electron chi connectivity index (χ4n) is 3.21. The maximum absolute atomic E-state index is 3.49. The van der Waals surface area contributed by atoms with Crippen LogP contribution in [0.5, 0.6) is 0 Å². The molecule has 0 saturated heterocycles. The van der Waals surface area contributed by atoms with E-state index in [-0.39, 0.29) is 0 Å². The van der Waals surface area contributed by atoms with Crippen molar-refractivity contribution in [3.8, 4) is 0 Å². The smallest absolute Gasteiger partial charge is 0.0732 e. The van der Waals surface area contributed by atoms with Gasteiger partial charge in [-0.1, -0.05) is 24.6 Å². The van der Waals surface area contributed by atoms with E-state index >= 15 is 0 Å². The summed E-state index contributed by atoms with van der Waals surface area (Å²) in [6.07, 6.45) is 5.48. The summed E-state index contributed by atoms with van der Waals surface area (Å²) in [5.74, 6) is 2.09. The number of H-pyrrole nitrogens is 1. The van der Waals surface area contributed by atoms with Crippen molar-refractivity contribution in [2.75, 3.05) is 12.8 Å². The zero-order valence-corrected chi connectivity index (χ0v) is 12.3. The Hall–Kier alpha value is -0.930. The van der Waals surface area contributed by atoms with Gasteiger partial charge >= 0.3 is 0 Å². The van der Waals surface area contributed by atoms with Crippen molar-refractivity contribution in [3.05, 3.63) is 30.3 Å². The summed E-state index contributed by atoms with van der Waals surface area (Å²) in [6.45, 7) is 0. The topological polar surface area (TPSA) is 27.8 Å². The number of rotatable bonds is 5. The van der Waals surface area contributed by atoms with Crippen molar-refractivity contribution < 1.29 is 0 Å². The Kier molecular flexibility index (Phi) is 4.14. The molecule has 2 aromatic rings. The second kappa shape index (κ2) is 6.02. The molecule has 1 saturated carbocycles. The maximum atomic E-state index is 3.49. The Labute approximate surface area is 119 Å². The average Bonchev–Trinajstić information content (AvgIpc) is 3.04. The fraction of sp³-hybridized carbons (Fsp3) is 0.500. The van der Waals surface area contributed by atoms with Gasteiger partial charge in [0, 0.05) is 16.9 Å². The molecule has 0 spiro atoms. The molecular weight excluding hydrogens is 252 g/mol. The lowest BCUT2D eigenvalue weighted by molar-refractivity contribution is 0.417. The maximum Gasteiger partial charge on any atom is 0.0732 e. The largest absolute Gasteiger partial charge is 0.350 e. The number of aromatic amines is 1. The van der Waals surface area contributed by atoms with E-state index in [4.69, 9.17) is 0 Å². The molecule has 2 atom stereocenters. The molecule has 0 aliphatic heterocycles. The molecule has 0 bridgehead atoms. The Morgan fingerprint density at radius 2 is 2.21 bits per heavy atom. The second-order valence-electron chi connectivity index (χ2n) is 5.44. The molecule has 1 fully saturated rings. The fourth-order valence-corrected chi connectivity index (χ4v) is 4.24. The number of para-hydroxylation sites is 1. The molecule has 0 amide bonds. The van der Waals surface area contributed by atoms with E-state index in [0.29, 0.717) is 0 Å². The van der Waals surface area contributed by atoms with Crippen LogP contribution in [-0.2, 0) is 0 Å². The summed E-state index contributed by atoms with van der Waals surface area (Å²) in [5, 5.41) is 6.09. The zero-order valence-electron chi connectivity index (χ0n) is 11.5. The second-order valence-corrected chi connectivity index (χ2v) is 6.58. The molecule has 19 heavy (non-hydrogen) atoms. The van der Waals surface area contributed by atoms with Gasteiger partial charge in [-0.3, -0.25) is 0 Å². The zero-order chi connectivity index (χ0) is 13.1. The highest BCUT2D eigenvalue weighted by Crippen LogP contribution is 2.31. The molecule has 2 unspecified atom stereocenters. The van der Waals surface area contributed by atoms with Crippen molar-refractivity contribution in [2.24, 2.45) is 5.92 Å². The highest BCUT2D eigenvalue weighted by atomic mass is 32.2. The molecule has 1 aromatic carbocycles. The molecule has 2 nitrogen and oxygen atoms in total. The van der Waals surface area contributed by atoms with E-state index in [1.165, 1.54) is 47.4 Å². The predicted molar refractivity (Wildman–Crippen MR) is 83.8 cm³/mol. The quantitative estimate of drug-likeness (QED) is 0.805. The third-order valence-electron chi connectivity index (χ3n) is 4.28. The van der Waals surface area contributed by atoms with Gasteiger partial charge in [-0.25, -0.2) is 0 Å². The van der Waals surface area contributed by atoms with Crippen molar-refractivity contribution >= 4 is 22.7 Å². The van der Waals surface area contributed by atoms with Gasteiger partial charge in [-0.05, 0) is 50.1 Å². The predicted octanol–water partition coefficient (Wildman–Crippen LogP) is 4.04. The van der Waals surface area contributed by atoms with E-state index in [1.807, 2.05) is 11.8 Å². The van der Waals surface area contributed by atoms with Crippen molar-refractivity contribution in [3.63, 3.8) is 0 Å². The minimum absolute atomic E-state index is 0.753. The van der Waals surface area contributed by atoms with Crippen LogP contribution < -0.4 is 5.32 Å². The van der Waals surface area contributed by atoms with Gasteiger partial charge < -0.3 is 10.3 Å². The van der Waals surface area contributed by atoms with E-state index in [2.05, 4.69) is 47.7 Å². The molecule has 3 rings (SSSR count). The van der Waals surface area contributed by atoms with Crippen molar-refractivity contribution in [2.45, 2.75) is 36.8 Å². The summed E-state index contributed by atoms with van der Waals surface area (Å²) >= 11 is 1.96. The summed E-state index contributed by atoms with van der Waals surface area (Å²) in [5.41, 5.74) is 1.25. The van der Waals surface area contributed by atoms with Crippen molar-refractivity contribution in [1.82, 2.24) is 10.3 Å². The van der Waals surface area contributed by atoms with Crippen LogP contribution in [0.3, 0.4) is 0 Å². The van der Waals surface area contributed by atoms with Crippen LogP contribution in [0.15, 0.2) is 35.4 Å². The molecule has 1 aromatic heterocycles. The Balaban J connectivity index is 1.54. The Bertz CT molecular complexity index is 501. The number of nitrogens with one attached hydrogen (secondary N) is 2. The molecule has 1 heterocycles. The lowest BCUT2D eigenvalue weighted by atomic mass is 10.0. The van der Waals surface area contributed by atoms with E-state index < -0.39 is 0 Å². The van der Waals surface area contributed by atoms with Crippen LogP contribution >= 0.6 is 11.8 Å². The van der Waals surface area contributed by atoms with Gasteiger partial charge in [0.1, 0.15) is 0 Å². The van der Waals surface area contributed by atoms with Gasteiger partial charge in [0.05, 0.1) is 5.03 Å². The molecule has 0 radical (unpaired) electrons. The third kappa shape index (κ3) is 2.98. The number of fused-ring (bicyclic) bond motifs is 1. The van der Waals surface area contributed by atoms with Gasteiger partial charge in [-0.2, -0.15) is 0 Å². The standard InChI is InChI=1S/C16H22N2S/c1-17-14-8-4-6-12(14)9-10-19-16-11-13-5-2-3-7-15(13)18-16/h2-3,5,7,11-12,14,17-18H,4,6,8-10H2,1H3. The first-order valence-electron chi connectivity index (χ1n) is 7.24. The number of benzene rings is 1. The van der Waals surface area contributed by atoms with E-state index in [9.17, 15) is 0 Å². The molecule has 102 valence electrons. The Morgan fingerprint density at radius 1 is 1.32 bits per heavy atom. The first-order valence-corrected chi connectivity index (χ1v) is 8.23. The molecular formula is C16H22N2S. The highest BCUT2D eigenvalue weighted by molar-refractivity contribution is 7.99. The number of hydrogen-bond donors (Lipinski definition) is 2. The van der Waals surface area contributed by atoms with Crippen molar-refractivity contribution in [1.29, 1.82) is 0 Å². The molecule has 2 N–H and O–H groups in total. The summed E-state index contributed by atoms with van der Waals surface area (Å²) in [7, 11) is 2.10. The summed E-state index contributed by atoms with van der Waals surface area (Å²) < 4.78 is 0. The highest BCUT2D eigenvalue weighted by Gasteiger charge is 2.25. The van der Waals surface area contributed by atoms with E-state index in [1.54, 1.807) is 0 Å². The molecule has 1 aliphatic rings. The average molecular weight is 274 g/mol. The van der Waals surface area contributed by atoms with Crippen LogP contribution in [0.25, 0.3) is 10.9 Å². The van der Waals surface area contributed by atoms with Crippen LogP contribution in [-0.4, -0.2) is 23.8 Å². The lowest BCUT2D eigenvalue weighted by Gasteiger charge is -2.18. The lowest BCUT2D eigenvalue weighted by Crippen LogP contribution is -2.29. The monoisotopic (exact) mass is 274 g/mol. The molecule has 1 aliphatic carbocycles. The van der Waals surface area contributed by atoms with E-state index in [0.717, 1.165) is 12.0 Å².